The maximum absolute atomic E-state index is 13.0. The van der Waals surface area contributed by atoms with E-state index in [0.29, 0.717) is 0 Å². The second-order valence-electron chi connectivity index (χ2n) is 6.43. The second-order valence-corrected chi connectivity index (χ2v) is 6.43. The van der Waals surface area contributed by atoms with Gasteiger partial charge in [0.2, 0.25) is 0 Å². The number of rotatable bonds is 3. The van der Waals surface area contributed by atoms with Crippen molar-refractivity contribution in [3.8, 4) is 5.69 Å². The van der Waals surface area contributed by atoms with Gasteiger partial charge in [-0.2, -0.15) is 5.10 Å². The van der Waals surface area contributed by atoms with Gasteiger partial charge in [0.05, 0.1) is 28.8 Å². The van der Waals surface area contributed by atoms with Crippen LogP contribution < -0.4 is 0 Å². The quantitative estimate of drug-likeness (QED) is 0.818. The summed E-state index contributed by atoms with van der Waals surface area (Å²) in [5, 5.41) is 4.72. The van der Waals surface area contributed by atoms with Crippen molar-refractivity contribution in [1.82, 2.24) is 19.7 Å². The Morgan fingerprint density at radius 2 is 2.09 bits per heavy atom. The summed E-state index contributed by atoms with van der Waals surface area (Å²) in [6, 6.07) is 3.86. The van der Waals surface area contributed by atoms with E-state index in [-0.39, 0.29) is 11.7 Å². The number of fused-ring (bicyclic) bond motifs is 1. The summed E-state index contributed by atoms with van der Waals surface area (Å²) in [6.45, 7) is 4.20. The Balaban J connectivity index is 2.17. The molecular weight excluding hydrogens is 288 g/mol. The number of aromatic nitrogens is 3. The van der Waals surface area contributed by atoms with Crippen molar-refractivity contribution in [3.05, 3.63) is 53.3 Å². The van der Waals surface area contributed by atoms with Crippen molar-refractivity contribution in [2.75, 3.05) is 14.1 Å². The van der Waals surface area contributed by atoms with Crippen LogP contribution in [0.5, 0.6) is 0 Å². The maximum atomic E-state index is 13.0. The number of hydrogen-bond donors (Lipinski definition) is 0. The molecular formula is C18H22N4O. The van der Waals surface area contributed by atoms with Crippen LogP contribution in [0.3, 0.4) is 0 Å². The van der Waals surface area contributed by atoms with Crippen LogP contribution in [-0.4, -0.2) is 39.5 Å². The van der Waals surface area contributed by atoms with Crippen LogP contribution in [-0.2, 0) is 6.42 Å². The highest BCUT2D eigenvalue weighted by Crippen LogP contribution is 2.32. The Hall–Kier alpha value is -2.43. The third-order valence-electron chi connectivity index (χ3n) is 3.99. The van der Waals surface area contributed by atoms with Gasteiger partial charge in [-0.15, -0.1) is 0 Å². The Kier molecular flexibility index (Phi) is 4.03. The van der Waals surface area contributed by atoms with Crippen molar-refractivity contribution >= 4 is 5.78 Å². The lowest BCUT2D eigenvalue weighted by atomic mass is 9.88. The zero-order chi connectivity index (χ0) is 16.6. The van der Waals surface area contributed by atoms with Crippen LogP contribution in [0.2, 0.25) is 0 Å². The number of Topliss-reactive ketones (excluding diaryl/α,β-unsaturated/α-hetero) is 1. The molecule has 2 aromatic heterocycles. The second kappa shape index (κ2) is 5.99. The van der Waals surface area contributed by atoms with Crippen LogP contribution in [0.25, 0.3) is 5.69 Å². The molecule has 2 aromatic rings. The number of carbonyl (C=O) groups excluding carboxylic acids is 1. The van der Waals surface area contributed by atoms with Crippen LogP contribution >= 0.6 is 0 Å². The molecule has 0 bridgehead atoms. The molecule has 0 N–H and O–H groups in total. The summed E-state index contributed by atoms with van der Waals surface area (Å²) >= 11 is 0. The smallest absolute Gasteiger partial charge is 0.194 e. The Labute approximate surface area is 136 Å². The number of hydrogen-bond acceptors (Lipinski definition) is 4. The largest absolute Gasteiger partial charge is 0.383 e. The van der Waals surface area contributed by atoms with Crippen LogP contribution in [0.15, 0.2) is 36.3 Å². The Morgan fingerprint density at radius 1 is 1.30 bits per heavy atom. The van der Waals surface area contributed by atoms with Gasteiger partial charge in [0.25, 0.3) is 0 Å². The zero-order valence-electron chi connectivity index (χ0n) is 14.1. The lowest BCUT2D eigenvalue weighted by Gasteiger charge is -2.17. The SMILES string of the molecule is CC(C)c1c2c(nn1-c1cccnc1)CC/C(=C\N(C)C)C2=O. The molecule has 0 amide bonds. The van der Waals surface area contributed by atoms with Crippen molar-refractivity contribution in [2.45, 2.75) is 32.6 Å². The standard InChI is InChI=1S/C18H22N4O/c1-12(2)17-16-15(8-7-13(18(16)23)11-21(3)4)20-22(17)14-6-5-9-19-10-14/h5-6,9-12H,7-8H2,1-4H3/b13-11+. The molecule has 0 saturated carbocycles. The first-order valence-corrected chi connectivity index (χ1v) is 7.93. The summed E-state index contributed by atoms with van der Waals surface area (Å²) in [7, 11) is 3.89. The van der Waals surface area contributed by atoms with Gasteiger partial charge in [-0.05, 0) is 30.9 Å². The number of carbonyl (C=O) groups is 1. The summed E-state index contributed by atoms with van der Waals surface area (Å²) in [4.78, 5) is 19.1. The highest BCUT2D eigenvalue weighted by Gasteiger charge is 2.31. The molecule has 0 saturated heterocycles. The van der Waals surface area contributed by atoms with Crippen LogP contribution in [0.4, 0.5) is 0 Å². The fourth-order valence-electron chi connectivity index (χ4n) is 3.07. The van der Waals surface area contributed by atoms with E-state index in [0.717, 1.165) is 41.1 Å². The van der Waals surface area contributed by atoms with E-state index in [1.165, 1.54) is 0 Å². The molecule has 0 aliphatic heterocycles. The summed E-state index contributed by atoms with van der Waals surface area (Å²) in [5.41, 5.74) is 4.41. The van der Waals surface area contributed by atoms with Crippen molar-refractivity contribution < 1.29 is 4.79 Å². The van der Waals surface area contributed by atoms with Gasteiger partial charge in [0.15, 0.2) is 5.78 Å². The molecule has 0 spiro atoms. The lowest BCUT2D eigenvalue weighted by molar-refractivity contribution is 0.102. The predicted molar refractivity (Wildman–Crippen MR) is 89.9 cm³/mol. The molecule has 1 aliphatic rings. The number of ketones is 1. The molecule has 120 valence electrons. The normalized spacial score (nSPS) is 16.0. The summed E-state index contributed by atoms with van der Waals surface area (Å²) < 4.78 is 1.89. The van der Waals surface area contributed by atoms with Crippen LogP contribution in [0.1, 0.15) is 47.9 Å². The molecule has 0 radical (unpaired) electrons. The van der Waals surface area contributed by atoms with Crippen molar-refractivity contribution in [2.24, 2.45) is 0 Å². The van der Waals surface area contributed by atoms with Crippen LogP contribution in [0, 0.1) is 0 Å². The van der Waals surface area contributed by atoms with Gasteiger partial charge >= 0.3 is 0 Å². The first-order valence-electron chi connectivity index (χ1n) is 7.93. The van der Waals surface area contributed by atoms with E-state index in [1.54, 1.807) is 12.4 Å². The van der Waals surface area contributed by atoms with Gasteiger partial charge in [-0.25, -0.2) is 4.68 Å². The molecule has 2 heterocycles. The van der Waals surface area contributed by atoms with Crippen molar-refractivity contribution in [3.63, 3.8) is 0 Å². The minimum Gasteiger partial charge on any atom is -0.383 e. The molecule has 5 heteroatoms. The van der Waals surface area contributed by atoms with Gasteiger partial charge in [0.1, 0.15) is 0 Å². The average Bonchev–Trinajstić information content (AvgIpc) is 2.91. The minimum atomic E-state index is 0.110. The van der Waals surface area contributed by atoms with Gasteiger partial charge in [-0.3, -0.25) is 9.78 Å². The summed E-state index contributed by atoms with van der Waals surface area (Å²) in [5.74, 6) is 0.313. The van der Waals surface area contributed by atoms with Crippen molar-refractivity contribution in [1.29, 1.82) is 0 Å². The molecule has 3 rings (SSSR count). The molecule has 23 heavy (non-hydrogen) atoms. The number of nitrogens with zero attached hydrogens (tertiary/aromatic N) is 4. The fraction of sp³-hybridized carbons (Fsp3) is 0.389. The number of pyridine rings is 1. The van der Waals surface area contributed by atoms with Gasteiger partial charge in [0, 0.05) is 32.1 Å². The highest BCUT2D eigenvalue weighted by molar-refractivity contribution is 6.11. The van der Waals surface area contributed by atoms with E-state index < -0.39 is 0 Å². The van der Waals surface area contributed by atoms with E-state index >= 15 is 0 Å². The third kappa shape index (κ3) is 2.79. The summed E-state index contributed by atoms with van der Waals surface area (Å²) in [6.07, 6.45) is 6.99. The topological polar surface area (TPSA) is 51.0 Å². The van der Waals surface area contributed by atoms with E-state index in [2.05, 4.69) is 18.8 Å². The maximum Gasteiger partial charge on any atom is 0.194 e. The third-order valence-corrected chi connectivity index (χ3v) is 3.99. The zero-order valence-corrected chi connectivity index (χ0v) is 14.1. The molecule has 0 aromatic carbocycles. The van der Waals surface area contributed by atoms with E-state index in [1.807, 2.05) is 42.0 Å². The Morgan fingerprint density at radius 3 is 2.70 bits per heavy atom. The number of allylic oxidation sites excluding steroid dienone is 1. The lowest BCUT2D eigenvalue weighted by Crippen LogP contribution is -2.18. The van der Waals surface area contributed by atoms with Gasteiger partial charge < -0.3 is 4.90 Å². The van der Waals surface area contributed by atoms with E-state index in [9.17, 15) is 4.79 Å². The van der Waals surface area contributed by atoms with E-state index in [4.69, 9.17) is 5.10 Å². The first kappa shape index (κ1) is 15.5. The molecule has 0 fully saturated rings. The average molecular weight is 310 g/mol. The monoisotopic (exact) mass is 310 g/mol. The molecule has 0 unspecified atom stereocenters. The molecule has 5 nitrogen and oxygen atoms in total. The Bertz CT molecular complexity index is 757. The first-order chi connectivity index (χ1) is 11.0. The molecule has 0 atom stereocenters. The van der Waals surface area contributed by atoms with Gasteiger partial charge in [-0.1, -0.05) is 13.8 Å². The predicted octanol–water partition coefficient (Wildman–Crippen LogP) is 2.97. The molecule has 1 aliphatic carbocycles. The fourth-order valence-corrected chi connectivity index (χ4v) is 3.07. The number of aryl methyl sites for hydroxylation is 1. The highest BCUT2D eigenvalue weighted by atomic mass is 16.1. The minimum absolute atomic E-state index is 0.110.